The maximum absolute atomic E-state index is 13.0. The molecule has 1 amide bonds. The number of nitrogens with one attached hydrogen (secondary N) is 2. The molecule has 7 rings (SSSR count). The molecule has 3 fully saturated rings. The number of amides is 1. The summed E-state index contributed by atoms with van der Waals surface area (Å²) in [6.07, 6.45) is 10.6. The van der Waals surface area contributed by atoms with Gasteiger partial charge in [0.05, 0.1) is 11.1 Å². The number of aliphatic carboxylic acids is 1. The van der Waals surface area contributed by atoms with E-state index in [4.69, 9.17) is 9.84 Å². The number of H-pyrrole nitrogens is 1. The topological polar surface area (TPSA) is 104 Å². The van der Waals surface area contributed by atoms with Gasteiger partial charge in [-0.2, -0.15) is 5.10 Å². The molecule has 5 aliphatic carbocycles. The van der Waals surface area contributed by atoms with Crippen LogP contribution in [-0.4, -0.2) is 27.4 Å². The first-order chi connectivity index (χ1) is 21.6. The summed E-state index contributed by atoms with van der Waals surface area (Å²) in [7, 11) is 0. The van der Waals surface area contributed by atoms with Gasteiger partial charge in [0.15, 0.2) is 0 Å². The Hall–Kier alpha value is -3.09. The fourth-order valence-electron chi connectivity index (χ4n) is 12.0. The van der Waals surface area contributed by atoms with Crippen LogP contribution in [0.3, 0.4) is 0 Å². The normalized spacial score (nSPS) is 38.5. The molecule has 1 aromatic heterocycles. The zero-order valence-electron chi connectivity index (χ0n) is 28.9. The molecule has 7 heteroatoms. The van der Waals surface area contributed by atoms with Crippen LogP contribution >= 0.6 is 0 Å². The molecule has 3 N–H and O–H groups in total. The molecule has 46 heavy (non-hydrogen) atoms. The number of aromatic nitrogens is 2. The summed E-state index contributed by atoms with van der Waals surface area (Å²) in [5.74, 6) is 1.06. The van der Waals surface area contributed by atoms with Gasteiger partial charge in [-0.15, -0.1) is 0 Å². The van der Waals surface area contributed by atoms with Gasteiger partial charge in [-0.05, 0) is 103 Å². The van der Waals surface area contributed by atoms with Crippen LogP contribution in [0.25, 0.3) is 0 Å². The van der Waals surface area contributed by atoms with Crippen molar-refractivity contribution in [3.05, 3.63) is 58.8 Å². The van der Waals surface area contributed by atoms with E-state index in [1.54, 1.807) is 0 Å². The number of carbonyl (C=O) groups excluding carboxylic acids is 1. The van der Waals surface area contributed by atoms with Crippen molar-refractivity contribution >= 4 is 17.9 Å². The van der Waals surface area contributed by atoms with E-state index < -0.39 is 17.5 Å². The number of rotatable bonds is 4. The molecule has 3 saturated carbocycles. The van der Waals surface area contributed by atoms with Crippen LogP contribution in [0.5, 0.6) is 0 Å². The number of anilines is 1. The Labute approximate surface area is 274 Å². The third-order valence-electron chi connectivity index (χ3n) is 14.7. The maximum Gasteiger partial charge on any atom is 0.413 e. The van der Waals surface area contributed by atoms with Crippen molar-refractivity contribution < 1.29 is 19.4 Å². The molecule has 7 atom stereocenters. The van der Waals surface area contributed by atoms with Gasteiger partial charge in [0.1, 0.15) is 12.4 Å². The van der Waals surface area contributed by atoms with Gasteiger partial charge in [0.25, 0.3) is 0 Å². The molecular weight excluding hydrogens is 574 g/mol. The minimum absolute atomic E-state index is 0.0179. The van der Waals surface area contributed by atoms with E-state index in [0.29, 0.717) is 17.7 Å². The number of nitrogens with zero attached hydrogens (tertiary/aromatic N) is 1. The molecule has 3 unspecified atom stereocenters. The number of hydrogen-bond donors (Lipinski definition) is 3. The Balaban J connectivity index is 1.22. The van der Waals surface area contributed by atoms with Crippen molar-refractivity contribution in [3.8, 4) is 0 Å². The second-order valence-corrected chi connectivity index (χ2v) is 17.7. The molecule has 5 aliphatic rings. The van der Waals surface area contributed by atoms with Gasteiger partial charge >= 0.3 is 12.1 Å². The Morgan fingerprint density at radius 2 is 1.70 bits per heavy atom. The van der Waals surface area contributed by atoms with E-state index in [9.17, 15) is 14.7 Å². The molecule has 0 aliphatic heterocycles. The number of carboxylic acids is 1. The lowest BCUT2D eigenvalue weighted by atomic mass is 9.33. The van der Waals surface area contributed by atoms with Crippen molar-refractivity contribution in [1.29, 1.82) is 0 Å². The monoisotopic (exact) mass is 627 g/mol. The molecule has 2 aromatic rings. The summed E-state index contributed by atoms with van der Waals surface area (Å²) in [4.78, 5) is 26.0. The zero-order valence-corrected chi connectivity index (χ0v) is 28.9. The predicted octanol–water partition coefficient (Wildman–Crippen LogP) is 9.06. The highest BCUT2D eigenvalue weighted by atomic mass is 16.5. The van der Waals surface area contributed by atoms with Crippen molar-refractivity contribution in [2.24, 2.45) is 44.8 Å². The quantitative estimate of drug-likeness (QED) is 0.293. The van der Waals surface area contributed by atoms with E-state index in [-0.39, 0.29) is 39.6 Å². The number of fused-ring (bicyclic) bond motifs is 8. The average Bonchev–Trinajstić information content (AvgIpc) is 3.38. The van der Waals surface area contributed by atoms with E-state index in [1.807, 2.05) is 30.3 Å². The Morgan fingerprint density at radius 1 is 0.978 bits per heavy atom. The van der Waals surface area contributed by atoms with Crippen LogP contribution < -0.4 is 5.32 Å². The lowest BCUT2D eigenvalue weighted by Crippen LogP contribution is -2.64. The van der Waals surface area contributed by atoms with Gasteiger partial charge in [-0.3, -0.25) is 15.2 Å². The van der Waals surface area contributed by atoms with Crippen LogP contribution in [0.1, 0.15) is 117 Å². The van der Waals surface area contributed by atoms with E-state index in [0.717, 1.165) is 74.6 Å². The summed E-state index contributed by atoms with van der Waals surface area (Å²) >= 11 is 0. The van der Waals surface area contributed by atoms with Crippen molar-refractivity contribution in [1.82, 2.24) is 10.2 Å². The number of carboxylic acid groups (broad SMARTS) is 1. The van der Waals surface area contributed by atoms with E-state index in [1.165, 1.54) is 5.57 Å². The van der Waals surface area contributed by atoms with Crippen LogP contribution in [0.4, 0.5) is 10.6 Å². The minimum Gasteiger partial charge on any atom is -0.481 e. The van der Waals surface area contributed by atoms with Gasteiger partial charge < -0.3 is 9.84 Å². The summed E-state index contributed by atoms with van der Waals surface area (Å²) in [5, 5.41) is 21.7. The zero-order chi connectivity index (χ0) is 32.9. The fraction of sp³-hybridized carbons (Fsp3) is 0.667. The number of hydrogen-bond acceptors (Lipinski definition) is 4. The standard InChI is InChI=1S/C39H53N3O4/c1-34(2)17-19-39(32(43)44)20-18-37(6)26(27(39)22-34)13-14-29-36(5)21-25-30(35(3,4)28(36)15-16-38(29,37)7)41-42-31(25)40-33(45)46-23-24-11-9-8-10-12-24/h8-13,27-29H,14-23H2,1-7H3,(H,43,44)(H2,40,41,42,45)/t27?,28?,29?,36-,37+,38+,39-/m0/s1. The number of allylic oxidation sites excluding steroid dienone is 2. The number of carbonyl (C=O) groups is 2. The predicted molar refractivity (Wildman–Crippen MR) is 179 cm³/mol. The number of ether oxygens (including phenoxy) is 1. The highest BCUT2D eigenvalue weighted by molar-refractivity contribution is 5.84. The molecule has 0 bridgehead atoms. The minimum atomic E-state index is -0.626. The summed E-state index contributed by atoms with van der Waals surface area (Å²) in [5.41, 5.74) is 3.92. The molecule has 0 spiro atoms. The van der Waals surface area contributed by atoms with Crippen LogP contribution in [0.2, 0.25) is 0 Å². The highest BCUT2D eigenvalue weighted by Crippen LogP contribution is 2.75. The Kier molecular flexibility index (Phi) is 6.99. The average molecular weight is 628 g/mol. The number of aromatic amines is 1. The first-order valence-corrected chi connectivity index (χ1v) is 17.6. The Bertz CT molecular complexity index is 1590. The molecule has 7 nitrogen and oxygen atoms in total. The van der Waals surface area contributed by atoms with E-state index >= 15 is 0 Å². The third-order valence-corrected chi connectivity index (χ3v) is 14.7. The smallest absolute Gasteiger partial charge is 0.413 e. The lowest BCUT2D eigenvalue weighted by Gasteiger charge is -2.70. The first kappa shape index (κ1) is 31.5. The molecule has 1 heterocycles. The van der Waals surface area contributed by atoms with Gasteiger partial charge in [0.2, 0.25) is 0 Å². The third kappa shape index (κ3) is 4.31. The van der Waals surface area contributed by atoms with Crippen molar-refractivity contribution in [3.63, 3.8) is 0 Å². The van der Waals surface area contributed by atoms with Gasteiger partial charge in [-0.25, -0.2) is 4.79 Å². The van der Waals surface area contributed by atoms with Crippen LogP contribution in [0.15, 0.2) is 42.0 Å². The fourth-order valence-corrected chi connectivity index (χ4v) is 12.0. The number of benzene rings is 1. The van der Waals surface area contributed by atoms with Crippen molar-refractivity contribution in [2.45, 2.75) is 118 Å². The second kappa shape index (κ2) is 10.2. The molecule has 248 valence electrons. The maximum atomic E-state index is 13.0. The summed E-state index contributed by atoms with van der Waals surface area (Å²) in [6, 6.07) is 9.72. The SMILES string of the molecule is CC1(C)CC[C@]2(C(=O)O)CC[C@]3(C)C(=CCC4[C@@]5(C)Cc6c(n[nH]c6NC(=O)OCc6ccccc6)C(C)(C)C5CC[C@]43C)C2C1. The van der Waals surface area contributed by atoms with Crippen molar-refractivity contribution in [2.75, 3.05) is 5.32 Å². The largest absolute Gasteiger partial charge is 0.481 e. The Morgan fingerprint density at radius 3 is 2.41 bits per heavy atom. The van der Waals surface area contributed by atoms with Crippen LogP contribution in [0, 0.1) is 44.8 Å². The molecule has 0 saturated heterocycles. The van der Waals surface area contributed by atoms with Crippen LogP contribution in [-0.2, 0) is 28.0 Å². The lowest BCUT2D eigenvalue weighted by molar-refractivity contribution is -0.177. The second-order valence-electron chi connectivity index (χ2n) is 17.7. The van der Waals surface area contributed by atoms with Gasteiger partial charge in [0, 0.05) is 11.0 Å². The first-order valence-electron chi connectivity index (χ1n) is 17.6. The summed E-state index contributed by atoms with van der Waals surface area (Å²) < 4.78 is 5.59. The van der Waals surface area contributed by atoms with E-state index in [2.05, 4.69) is 65.0 Å². The highest BCUT2D eigenvalue weighted by Gasteiger charge is 2.69. The summed E-state index contributed by atoms with van der Waals surface area (Å²) in [6.45, 7) is 17.1. The molecule has 0 radical (unpaired) electrons. The van der Waals surface area contributed by atoms with Gasteiger partial charge in [-0.1, -0.05) is 90.4 Å². The molecular formula is C39H53N3O4. The molecule has 1 aromatic carbocycles.